The van der Waals surface area contributed by atoms with Crippen LogP contribution in [0, 0.1) is 0 Å². The number of hydrogen-bond acceptors (Lipinski definition) is 3. The van der Waals surface area contributed by atoms with Crippen molar-refractivity contribution >= 4 is 28.9 Å². The van der Waals surface area contributed by atoms with Crippen LogP contribution in [-0.2, 0) is 11.2 Å². The van der Waals surface area contributed by atoms with E-state index >= 15 is 0 Å². The first-order valence-corrected chi connectivity index (χ1v) is 10.4. The summed E-state index contributed by atoms with van der Waals surface area (Å²) in [4.78, 5) is 16.1. The largest absolute Gasteiger partial charge is 0.484 e. The molecule has 1 fully saturated rings. The van der Waals surface area contributed by atoms with Crippen LogP contribution in [0.5, 0.6) is 5.75 Å². The third-order valence-electron chi connectivity index (χ3n) is 5.24. The van der Waals surface area contributed by atoms with E-state index < -0.39 is 0 Å². The second kappa shape index (κ2) is 9.80. The molecule has 1 aliphatic heterocycles. The minimum atomic E-state index is -0.205. The third-order valence-corrected chi connectivity index (χ3v) is 5.55. The highest BCUT2D eigenvalue weighted by Gasteiger charge is 2.20. The van der Waals surface area contributed by atoms with Crippen LogP contribution in [0.1, 0.15) is 19.4 Å². The Bertz CT molecular complexity index is 787. The summed E-state index contributed by atoms with van der Waals surface area (Å²) in [5.41, 5.74) is 2.95. The van der Waals surface area contributed by atoms with Crippen molar-refractivity contribution in [2.24, 2.45) is 0 Å². The number of hydrogen-bond donors (Lipinski definition) is 2. The van der Waals surface area contributed by atoms with Crippen molar-refractivity contribution in [3.63, 3.8) is 0 Å². The predicted molar refractivity (Wildman–Crippen MR) is 115 cm³/mol. The van der Waals surface area contributed by atoms with E-state index in [-0.39, 0.29) is 12.5 Å². The van der Waals surface area contributed by atoms with Crippen LogP contribution < -0.4 is 19.9 Å². The van der Waals surface area contributed by atoms with Crippen molar-refractivity contribution < 1.29 is 14.4 Å². The highest BCUT2D eigenvalue weighted by molar-refractivity contribution is 6.33. The zero-order valence-corrected chi connectivity index (χ0v) is 17.4. The normalized spacial score (nSPS) is 14.8. The van der Waals surface area contributed by atoms with Gasteiger partial charge in [0.2, 0.25) is 0 Å². The molecule has 2 aromatic rings. The van der Waals surface area contributed by atoms with Gasteiger partial charge in [-0.1, -0.05) is 30.7 Å². The van der Waals surface area contributed by atoms with Crippen LogP contribution >= 0.6 is 11.6 Å². The number of aryl methyl sites for hydroxylation is 1. The Labute approximate surface area is 172 Å². The lowest BCUT2D eigenvalue weighted by Crippen LogP contribution is -3.14. The van der Waals surface area contributed by atoms with Gasteiger partial charge < -0.3 is 19.9 Å². The first-order valence-electron chi connectivity index (χ1n) is 9.98. The van der Waals surface area contributed by atoms with E-state index in [9.17, 15) is 4.79 Å². The maximum atomic E-state index is 12.2. The van der Waals surface area contributed by atoms with Gasteiger partial charge in [0.15, 0.2) is 6.61 Å². The summed E-state index contributed by atoms with van der Waals surface area (Å²) in [7, 11) is 0. The topological polar surface area (TPSA) is 46.0 Å². The Morgan fingerprint density at radius 2 is 1.86 bits per heavy atom. The predicted octanol–water partition coefficient (Wildman–Crippen LogP) is 2.64. The van der Waals surface area contributed by atoms with E-state index in [1.165, 1.54) is 5.56 Å². The molecule has 3 rings (SSSR count). The summed E-state index contributed by atoms with van der Waals surface area (Å²) in [6, 6.07) is 13.5. The summed E-state index contributed by atoms with van der Waals surface area (Å²) in [6.45, 7) is 9.71. The zero-order chi connectivity index (χ0) is 19.9. The van der Waals surface area contributed by atoms with Crippen molar-refractivity contribution in [3.8, 4) is 5.75 Å². The highest BCUT2D eigenvalue weighted by atomic mass is 35.5. The Morgan fingerprint density at radius 1 is 1.14 bits per heavy atom. The Morgan fingerprint density at radius 3 is 2.46 bits per heavy atom. The van der Waals surface area contributed by atoms with Gasteiger partial charge in [-0.3, -0.25) is 4.79 Å². The number of carbonyl (C=O) groups is 1. The number of nitrogens with one attached hydrogen (secondary N) is 2. The molecule has 0 aliphatic carbocycles. The van der Waals surface area contributed by atoms with Crippen LogP contribution in [0.4, 0.5) is 11.4 Å². The summed E-state index contributed by atoms with van der Waals surface area (Å²) in [5, 5.41) is 3.51. The minimum Gasteiger partial charge on any atom is -0.484 e. The number of benzene rings is 2. The molecule has 2 aromatic carbocycles. The lowest BCUT2D eigenvalue weighted by atomic mass is 10.2. The van der Waals surface area contributed by atoms with Gasteiger partial charge in [0.1, 0.15) is 5.75 Å². The molecular weight excluding hydrogens is 374 g/mol. The maximum Gasteiger partial charge on any atom is 0.262 e. The molecular formula is C22H29ClN3O2+. The number of anilines is 2. The molecule has 0 atom stereocenters. The average molecular weight is 403 g/mol. The van der Waals surface area contributed by atoms with Crippen LogP contribution in [0.3, 0.4) is 0 Å². The van der Waals surface area contributed by atoms with Gasteiger partial charge in [0.05, 0.1) is 43.4 Å². The van der Waals surface area contributed by atoms with Gasteiger partial charge >= 0.3 is 0 Å². The standard InChI is InChI=1S/C22H28ClN3O2/c1-3-17-5-8-19(9-6-17)28-16-22(27)24-18-7-10-21(20(23)15-18)26-13-11-25(4-2)12-14-26/h5-10,15H,3-4,11-14,16H2,1-2H3,(H,24,27)/p+1. The fourth-order valence-electron chi connectivity index (χ4n) is 3.43. The van der Waals surface area contributed by atoms with E-state index in [2.05, 4.69) is 24.1 Å². The number of piperazine rings is 1. The lowest BCUT2D eigenvalue weighted by molar-refractivity contribution is -0.898. The molecule has 1 heterocycles. The molecule has 0 spiro atoms. The molecule has 6 heteroatoms. The number of amides is 1. The van der Waals surface area contributed by atoms with E-state index in [1.807, 2.05) is 42.5 Å². The van der Waals surface area contributed by atoms with Gasteiger partial charge in [0, 0.05) is 5.69 Å². The van der Waals surface area contributed by atoms with Crippen molar-refractivity contribution in [1.29, 1.82) is 0 Å². The monoisotopic (exact) mass is 402 g/mol. The number of likely N-dealkylation sites (N-methyl/N-ethyl adjacent to an activating group) is 1. The molecule has 0 bridgehead atoms. The summed E-state index contributed by atoms with van der Waals surface area (Å²) >= 11 is 6.49. The molecule has 0 radical (unpaired) electrons. The van der Waals surface area contributed by atoms with Crippen LogP contribution in [-0.4, -0.2) is 45.2 Å². The number of rotatable bonds is 7. The molecule has 1 saturated heterocycles. The number of halogens is 1. The van der Waals surface area contributed by atoms with Crippen LogP contribution in [0.15, 0.2) is 42.5 Å². The van der Waals surface area contributed by atoms with Gasteiger partial charge in [-0.15, -0.1) is 0 Å². The first-order chi connectivity index (χ1) is 13.6. The van der Waals surface area contributed by atoms with E-state index in [0.29, 0.717) is 16.5 Å². The Kier molecular flexibility index (Phi) is 7.18. The van der Waals surface area contributed by atoms with Gasteiger partial charge in [0.25, 0.3) is 5.91 Å². The van der Waals surface area contributed by atoms with Crippen molar-refractivity contribution in [1.82, 2.24) is 0 Å². The summed E-state index contributed by atoms with van der Waals surface area (Å²) in [5.74, 6) is 0.484. The second-order valence-corrected chi connectivity index (χ2v) is 7.50. The van der Waals surface area contributed by atoms with E-state index in [0.717, 1.165) is 44.8 Å². The highest BCUT2D eigenvalue weighted by Crippen LogP contribution is 2.29. The van der Waals surface area contributed by atoms with Crippen molar-refractivity contribution in [2.75, 3.05) is 49.5 Å². The quantitative estimate of drug-likeness (QED) is 0.748. The molecule has 5 nitrogen and oxygen atoms in total. The molecule has 1 amide bonds. The summed E-state index contributed by atoms with van der Waals surface area (Å²) < 4.78 is 5.55. The maximum absolute atomic E-state index is 12.2. The van der Waals surface area contributed by atoms with Crippen molar-refractivity contribution in [3.05, 3.63) is 53.1 Å². The van der Waals surface area contributed by atoms with E-state index in [1.54, 1.807) is 4.90 Å². The molecule has 28 heavy (non-hydrogen) atoms. The molecule has 0 saturated carbocycles. The minimum absolute atomic E-state index is 0.0351. The fraction of sp³-hybridized carbons (Fsp3) is 0.409. The molecule has 150 valence electrons. The van der Waals surface area contributed by atoms with Gasteiger partial charge in [-0.2, -0.15) is 0 Å². The average Bonchev–Trinajstić information content (AvgIpc) is 2.73. The fourth-order valence-corrected chi connectivity index (χ4v) is 3.73. The zero-order valence-electron chi connectivity index (χ0n) is 16.6. The number of quaternary nitrogens is 1. The third kappa shape index (κ3) is 5.40. The number of ether oxygens (including phenoxy) is 1. The lowest BCUT2D eigenvalue weighted by Gasteiger charge is -2.33. The van der Waals surface area contributed by atoms with Crippen LogP contribution in [0.2, 0.25) is 5.02 Å². The SMILES string of the molecule is CCc1ccc(OCC(=O)Nc2ccc(N3CC[NH+](CC)CC3)c(Cl)c2)cc1. The second-order valence-electron chi connectivity index (χ2n) is 7.09. The molecule has 0 aromatic heterocycles. The van der Waals surface area contributed by atoms with E-state index in [4.69, 9.17) is 16.3 Å². The smallest absolute Gasteiger partial charge is 0.262 e. The first kappa shape index (κ1) is 20.5. The van der Waals surface area contributed by atoms with Gasteiger partial charge in [-0.05, 0) is 49.2 Å². The molecule has 1 aliphatic rings. The van der Waals surface area contributed by atoms with Crippen LogP contribution in [0.25, 0.3) is 0 Å². The van der Waals surface area contributed by atoms with Gasteiger partial charge in [-0.25, -0.2) is 0 Å². The Balaban J connectivity index is 1.52. The summed E-state index contributed by atoms with van der Waals surface area (Å²) in [6.07, 6.45) is 0.979. The number of carbonyl (C=O) groups excluding carboxylic acids is 1. The molecule has 2 N–H and O–H groups in total. The molecule has 0 unspecified atom stereocenters. The number of nitrogens with zero attached hydrogens (tertiary/aromatic N) is 1. The van der Waals surface area contributed by atoms with Crippen molar-refractivity contribution in [2.45, 2.75) is 20.3 Å². The Hall–Kier alpha value is -2.24.